The molecule has 0 aliphatic rings. The zero-order chi connectivity index (χ0) is 20.6. The molecule has 0 saturated carbocycles. The van der Waals surface area contributed by atoms with Gasteiger partial charge in [-0.1, -0.05) is 36.4 Å². The molecule has 0 aliphatic carbocycles. The minimum absolute atomic E-state index is 0.407. The van der Waals surface area contributed by atoms with E-state index in [1.807, 2.05) is 5.32 Å². The van der Waals surface area contributed by atoms with E-state index < -0.39 is 45.8 Å². The maximum absolute atomic E-state index is 14.0. The molecule has 2 nitrogen and oxygen atoms in total. The summed E-state index contributed by atoms with van der Waals surface area (Å²) in [6.45, 7) is 0. The molecule has 0 unspecified atom stereocenters. The van der Waals surface area contributed by atoms with Crippen molar-refractivity contribution >= 4 is 39.5 Å². The van der Waals surface area contributed by atoms with Gasteiger partial charge in [-0.05, 0) is 23.7 Å². The van der Waals surface area contributed by atoms with E-state index in [1.165, 1.54) is 0 Å². The summed E-state index contributed by atoms with van der Waals surface area (Å²) in [4.78, 5) is 0. The number of hydrogen-bond acceptors (Lipinski definition) is 1. The summed E-state index contributed by atoms with van der Waals surface area (Å²) in [6.07, 6.45) is -5.61. The minimum Gasteiger partial charge on any atom is -0.332 e. The van der Waals surface area contributed by atoms with E-state index in [1.54, 1.807) is 42.5 Å². The third-order valence-corrected chi connectivity index (χ3v) is 4.03. The van der Waals surface area contributed by atoms with Gasteiger partial charge in [0.1, 0.15) is 11.3 Å². The average Bonchev–Trinajstić information content (AvgIpc) is 2.63. The van der Waals surface area contributed by atoms with Crippen molar-refractivity contribution in [3.05, 3.63) is 71.3 Å². The van der Waals surface area contributed by atoms with E-state index >= 15 is 0 Å². The van der Waals surface area contributed by atoms with Gasteiger partial charge < -0.3 is 10.6 Å². The second-order valence-electron chi connectivity index (χ2n) is 5.61. The van der Waals surface area contributed by atoms with Crippen LogP contribution in [0.5, 0.6) is 0 Å². The Kier molecular flexibility index (Phi) is 5.16. The number of halogens is 7. The Morgan fingerprint density at radius 1 is 0.750 bits per heavy atom. The van der Waals surface area contributed by atoms with Gasteiger partial charge in [-0.25, -0.2) is 17.6 Å². The standard InChI is InChI=1S/C18H9F7N2S/c19-12-11(18(23,24)25)13(20)15(22)16(14(12)21)27-17(28)26-10-7-3-5-8-4-1-2-6-9(8)10/h1-7H,(H2,26,27,28). The maximum atomic E-state index is 14.0. The Balaban J connectivity index is 1.95. The van der Waals surface area contributed by atoms with Crippen molar-refractivity contribution in [3.63, 3.8) is 0 Å². The van der Waals surface area contributed by atoms with Crippen molar-refractivity contribution in [2.24, 2.45) is 0 Å². The Hall–Kier alpha value is -2.88. The molecule has 0 heterocycles. The largest absolute Gasteiger partial charge is 0.422 e. The molecule has 0 fully saturated rings. The van der Waals surface area contributed by atoms with Crippen LogP contribution in [0.15, 0.2) is 42.5 Å². The van der Waals surface area contributed by atoms with Crippen molar-refractivity contribution in [2.45, 2.75) is 6.18 Å². The average molecular weight is 418 g/mol. The molecule has 3 aromatic rings. The fraction of sp³-hybridized carbons (Fsp3) is 0.0556. The predicted octanol–water partition coefficient (Wildman–Crippen LogP) is 6.22. The molecular formula is C18H9F7N2S. The zero-order valence-corrected chi connectivity index (χ0v) is 14.4. The third kappa shape index (κ3) is 3.59. The lowest BCUT2D eigenvalue weighted by molar-refractivity contribution is -0.143. The molecule has 0 radical (unpaired) electrons. The third-order valence-electron chi connectivity index (χ3n) is 3.82. The van der Waals surface area contributed by atoms with Crippen LogP contribution in [-0.4, -0.2) is 5.11 Å². The summed E-state index contributed by atoms with van der Waals surface area (Å²) >= 11 is 4.87. The highest BCUT2D eigenvalue weighted by atomic mass is 32.1. The van der Waals surface area contributed by atoms with Crippen LogP contribution in [-0.2, 0) is 6.18 Å². The first-order valence-corrected chi connectivity index (χ1v) is 8.01. The van der Waals surface area contributed by atoms with Crippen LogP contribution in [0.3, 0.4) is 0 Å². The molecule has 0 spiro atoms. The number of rotatable bonds is 2. The molecule has 2 N–H and O–H groups in total. The summed E-state index contributed by atoms with van der Waals surface area (Å²) in [5.41, 5.74) is -3.72. The number of benzene rings is 3. The van der Waals surface area contributed by atoms with E-state index in [0.29, 0.717) is 11.1 Å². The molecular weight excluding hydrogens is 409 g/mol. The highest BCUT2D eigenvalue weighted by Crippen LogP contribution is 2.38. The number of anilines is 2. The van der Waals surface area contributed by atoms with Crippen molar-refractivity contribution in [3.8, 4) is 0 Å². The lowest BCUT2D eigenvalue weighted by Gasteiger charge is -2.16. The van der Waals surface area contributed by atoms with Gasteiger partial charge in [0.2, 0.25) is 0 Å². The fourth-order valence-corrected chi connectivity index (χ4v) is 2.80. The van der Waals surface area contributed by atoms with Crippen LogP contribution in [0.25, 0.3) is 10.8 Å². The number of nitrogens with one attached hydrogen (secondary N) is 2. The van der Waals surface area contributed by atoms with Gasteiger partial charge in [-0.15, -0.1) is 0 Å². The number of fused-ring (bicyclic) bond motifs is 1. The monoisotopic (exact) mass is 418 g/mol. The maximum Gasteiger partial charge on any atom is 0.422 e. The first kappa shape index (κ1) is 19.9. The fourth-order valence-electron chi connectivity index (χ4n) is 2.59. The normalized spacial score (nSPS) is 11.5. The second-order valence-corrected chi connectivity index (χ2v) is 6.02. The Labute approximate surface area is 159 Å². The summed E-state index contributed by atoms with van der Waals surface area (Å²) in [5, 5.41) is 5.47. The van der Waals surface area contributed by atoms with E-state index in [0.717, 1.165) is 5.39 Å². The Morgan fingerprint density at radius 2 is 1.32 bits per heavy atom. The summed E-state index contributed by atoms with van der Waals surface area (Å²) in [6, 6.07) is 12.0. The number of thiocarbonyl (C=S) groups is 1. The van der Waals surface area contributed by atoms with Crippen LogP contribution < -0.4 is 10.6 Å². The molecule has 0 amide bonds. The van der Waals surface area contributed by atoms with Crippen molar-refractivity contribution in [1.29, 1.82) is 0 Å². The van der Waals surface area contributed by atoms with Gasteiger partial charge in [0.15, 0.2) is 28.4 Å². The quantitative estimate of drug-likeness (QED) is 0.293. The SMILES string of the molecule is Fc1c(F)c(C(F)(F)F)c(F)c(F)c1NC(=S)Nc1cccc2ccccc12. The zero-order valence-electron chi connectivity index (χ0n) is 13.6. The van der Waals surface area contributed by atoms with Gasteiger partial charge in [0.25, 0.3) is 0 Å². The van der Waals surface area contributed by atoms with Crippen molar-refractivity contribution < 1.29 is 30.7 Å². The van der Waals surface area contributed by atoms with Crippen molar-refractivity contribution in [1.82, 2.24) is 0 Å². The summed E-state index contributed by atoms with van der Waals surface area (Å²) in [7, 11) is 0. The molecule has 3 rings (SSSR count). The highest BCUT2D eigenvalue weighted by molar-refractivity contribution is 7.80. The van der Waals surface area contributed by atoms with Crippen molar-refractivity contribution in [2.75, 3.05) is 10.6 Å². The Bertz CT molecular complexity index is 1050. The van der Waals surface area contributed by atoms with Crippen LogP contribution >= 0.6 is 12.2 Å². The lowest BCUT2D eigenvalue weighted by Crippen LogP contribution is -2.23. The van der Waals surface area contributed by atoms with Crippen LogP contribution in [0.1, 0.15) is 5.56 Å². The second kappa shape index (κ2) is 7.27. The summed E-state index contributed by atoms with van der Waals surface area (Å²) < 4.78 is 93.1. The molecule has 28 heavy (non-hydrogen) atoms. The summed E-state index contributed by atoms with van der Waals surface area (Å²) in [5.74, 6) is -9.62. The van der Waals surface area contributed by atoms with E-state index in [-0.39, 0.29) is 0 Å². The highest BCUT2D eigenvalue weighted by Gasteiger charge is 2.42. The minimum atomic E-state index is -5.61. The van der Waals surface area contributed by atoms with Gasteiger partial charge >= 0.3 is 6.18 Å². The van der Waals surface area contributed by atoms with E-state index in [9.17, 15) is 30.7 Å². The predicted molar refractivity (Wildman–Crippen MR) is 95.1 cm³/mol. The smallest absolute Gasteiger partial charge is 0.332 e. The molecule has 0 saturated heterocycles. The van der Waals surface area contributed by atoms with Crippen LogP contribution in [0.4, 0.5) is 42.1 Å². The molecule has 0 aromatic heterocycles. The van der Waals surface area contributed by atoms with Crippen LogP contribution in [0.2, 0.25) is 0 Å². The molecule has 146 valence electrons. The van der Waals surface area contributed by atoms with Gasteiger partial charge in [0, 0.05) is 11.1 Å². The molecule has 0 atom stereocenters. The first-order valence-electron chi connectivity index (χ1n) is 7.60. The number of alkyl halides is 3. The molecule has 3 aromatic carbocycles. The van der Waals surface area contributed by atoms with Gasteiger partial charge in [-0.2, -0.15) is 13.2 Å². The molecule has 0 aliphatic heterocycles. The lowest BCUT2D eigenvalue weighted by atomic mass is 10.1. The van der Waals surface area contributed by atoms with Gasteiger partial charge in [0.05, 0.1) is 0 Å². The topological polar surface area (TPSA) is 24.1 Å². The van der Waals surface area contributed by atoms with Crippen LogP contribution in [0, 0.1) is 23.3 Å². The number of hydrogen-bond donors (Lipinski definition) is 2. The van der Waals surface area contributed by atoms with E-state index in [4.69, 9.17) is 12.2 Å². The molecule has 0 bridgehead atoms. The van der Waals surface area contributed by atoms with E-state index in [2.05, 4.69) is 5.32 Å². The molecule has 10 heteroatoms. The Morgan fingerprint density at radius 3 is 1.93 bits per heavy atom. The van der Waals surface area contributed by atoms with Gasteiger partial charge in [-0.3, -0.25) is 0 Å². The first-order chi connectivity index (χ1) is 13.1.